The van der Waals surface area contributed by atoms with Gasteiger partial charge in [0.2, 0.25) is 0 Å². The maximum atomic E-state index is 12.3. The summed E-state index contributed by atoms with van der Waals surface area (Å²) in [5.74, 6) is 0.332. The maximum absolute atomic E-state index is 12.3. The number of nitrogen functional groups attached to an aromatic ring is 1. The van der Waals surface area contributed by atoms with Crippen molar-refractivity contribution in [2.24, 2.45) is 7.05 Å². The molecule has 2 aliphatic rings. The van der Waals surface area contributed by atoms with Crippen molar-refractivity contribution >= 4 is 11.7 Å². The van der Waals surface area contributed by atoms with Gasteiger partial charge in [0, 0.05) is 25.2 Å². The van der Waals surface area contributed by atoms with E-state index in [1.54, 1.807) is 13.2 Å². The summed E-state index contributed by atoms with van der Waals surface area (Å²) in [6, 6.07) is 1.48. The first-order valence-electron chi connectivity index (χ1n) is 7.36. The Bertz CT molecular complexity index is 498. The first kappa shape index (κ1) is 13.4. The number of rotatable bonds is 2. The summed E-state index contributed by atoms with van der Waals surface area (Å²) >= 11 is 0. The Morgan fingerprint density at radius 1 is 1.35 bits per heavy atom. The monoisotopic (exact) mass is 277 g/mol. The van der Waals surface area contributed by atoms with Gasteiger partial charge in [-0.05, 0) is 32.7 Å². The molecule has 1 aromatic rings. The largest absolute Gasteiger partial charge is 0.383 e. The second-order valence-corrected chi connectivity index (χ2v) is 6.11. The zero-order chi connectivity index (χ0) is 14.3. The summed E-state index contributed by atoms with van der Waals surface area (Å²) in [6.45, 7) is 0. The van der Waals surface area contributed by atoms with Crippen molar-refractivity contribution in [3.05, 3.63) is 11.8 Å². The summed E-state index contributed by atoms with van der Waals surface area (Å²) in [6.07, 6.45) is 7.43. The number of piperidine rings is 2. The molecule has 1 aromatic heterocycles. The van der Waals surface area contributed by atoms with E-state index in [0.717, 1.165) is 12.8 Å². The number of nitrogens with zero attached hydrogens (tertiary/aromatic N) is 3. The number of anilines is 1. The van der Waals surface area contributed by atoms with Crippen LogP contribution in [0.15, 0.2) is 6.20 Å². The lowest BCUT2D eigenvalue weighted by Gasteiger charge is -2.47. The second kappa shape index (κ2) is 5.09. The van der Waals surface area contributed by atoms with E-state index in [1.807, 2.05) is 0 Å². The van der Waals surface area contributed by atoms with E-state index in [2.05, 4.69) is 22.4 Å². The number of fused-ring (bicyclic) bond motifs is 2. The Kier molecular flexibility index (Phi) is 3.41. The van der Waals surface area contributed by atoms with Crippen molar-refractivity contribution in [3.8, 4) is 0 Å². The summed E-state index contributed by atoms with van der Waals surface area (Å²) in [7, 11) is 3.96. The van der Waals surface area contributed by atoms with Crippen LogP contribution in [0.2, 0.25) is 0 Å². The number of nitrogens with two attached hydrogens (primary N) is 1. The Hall–Kier alpha value is -1.56. The lowest BCUT2D eigenvalue weighted by atomic mass is 9.82. The average Bonchev–Trinajstić information content (AvgIpc) is 2.71. The zero-order valence-corrected chi connectivity index (χ0v) is 12.2. The highest BCUT2D eigenvalue weighted by molar-refractivity contribution is 5.98. The van der Waals surface area contributed by atoms with Crippen molar-refractivity contribution in [2.75, 3.05) is 12.8 Å². The Balaban J connectivity index is 1.67. The quantitative estimate of drug-likeness (QED) is 0.836. The van der Waals surface area contributed by atoms with Gasteiger partial charge in [-0.25, -0.2) is 0 Å². The molecule has 0 saturated carbocycles. The first-order chi connectivity index (χ1) is 9.56. The van der Waals surface area contributed by atoms with Crippen molar-refractivity contribution in [1.29, 1.82) is 0 Å². The van der Waals surface area contributed by atoms with Crippen LogP contribution in [0.25, 0.3) is 0 Å². The fourth-order valence-corrected chi connectivity index (χ4v) is 3.62. The molecule has 0 radical (unpaired) electrons. The minimum Gasteiger partial charge on any atom is -0.383 e. The fourth-order valence-electron chi connectivity index (χ4n) is 3.62. The molecule has 2 fully saturated rings. The van der Waals surface area contributed by atoms with Crippen LogP contribution in [0.4, 0.5) is 5.82 Å². The molecule has 2 saturated heterocycles. The molecule has 3 rings (SSSR count). The van der Waals surface area contributed by atoms with Gasteiger partial charge in [0.15, 0.2) is 0 Å². The molecule has 3 N–H and O–H groups in total. The van der Waals surface area contributed by atoms with E-state index in [-0.39, 0.29) is 11.9 Å². The van der Waals surface area contributed by atoms with Gasteiger partial charge >= 0.3 is 0 Å². The third kappa shape index (κ3) is 2.28. The maximum Gasteiger partial charge on any atom is 0.256 e. The SMILES string of the molecule is CN1C2CCCC1CC(NC(=O)c1cnn(C)c1N)C2. The Morgan fingerprint density at radius 3 is 2.55 bits per heavy atom. The molecule has 0 aromatic carbocycles. The van der Waals surface area contributed by atoms with Crippen LogP contribution in [-0.4, -0.2) is 45.8 Å². The molecule has 0 aliphatic carbocycles. The topological polar surface area (TPSA) is 76.2 Å². The van der Waals surface area contributed by atoms with Crippen LogP contribution >= 0.6 is 0 Å². The fraction of sp³-hybridized carbons (Fsp3) is 0.714. The molecule has 2 bridgehead atoms. The number of carbonyl (C=O) groups excluding carboxylic acids is 1. The third-order valence-electron chi connectivity index (χ3n) is 4.90. The minimum absolute atomic E-state index is 0.0942. The molecule has 0 spiro atoms. The van der Waals surface area contributed by atoms with Gasteiger partial charge in [-0.3, -0.25) is 9.48 Å². The molecule has 1 amide bonds. The molecule has 6 nitrogen and oxygen atoms in total. The van der Waals surface area contributed by atoms with E-state index in [0.29, 0.717) is 23.5 Å². The Morgan fingerprint density at radius 2 is 2.00 bits per heavy atom. The van der Waals surface area contributed by atoms with Gasteiger partial charge in [0.05, 0.1) is 6.20 Å². The molecular weight excluding hydrogens is 254 g/mol. The van der Waals surface area contributed by atoms with E-state index in [4.69, 9.17) is 5.73 Å². The lowest BCUT2D eigenvalue weighted by Crippen LogP contribution is -2.55. The molecule has 2 aliphatic heterocycles. The van der Waals surface area contributed by atoms with Crippen molar-refractivity contribution in [1.82, 2.24) is 20.0 Å². The molecule has 2 atom stereocenters. The van der Waals surface area contributed by atoms with E-state index in [9.17, 15) is 4.79 Å². The molecule has 3 heterocycles. The summed E-state index contributed by atoms with van der Waals surface area (Å²) in [4.78, 5) is 14.8. The number of aromatic nitrogens is 2. The van der Waals surface area contributed by atoms with Crippen molar-refractivity contribution in [3.63, 3.8) is 0 Å². The standard InChI is InChI=1S/C14H23N5O/c1-18-10-4-3-5-11(18)7-9(6-10)17-14(20)12-8-16-19(2)13(12)15/h8-11H,3-7,15H2,1-2H3,(H,17,20). The lowest BCUT2D eigenvalue weighted by molar-refractivity contribution is 0.0463. The van der Waals surface area contributed by atoms with Crippen molar-refractivity contribution < 1.29 is 4.79 Å². The number of hydrogen-bond donors (Lipinski definition) is 2. The zero-order valence-electron chi connectivity index (χ0n) is 12.2. The van der Waals surface area contributed by atoms with Crippen LogP contribution in [0.5, 0.6) is 0 Å². The summed E-state index contributed by atoms with van der Waals surface area (Å²) in [5.41, 5.74) is 6.34. The molecule has 20 heavy (non-hydrogen) atoms. The second-order valence-electron chi connectivity index (χ2n) is 6.11. The van der Waals surface area contributed by atoms with Gasteiger partial charge in [0.1, 0.15) is 11.4 Å². The first-order valence-corrected chi connectivity index (χ1v) is 7.36. The number of hydrogen-bond acceptors (Lipinski definition) is 4. The van der Waals surface area contributed by atoms with E-state index < -0.39 is 0 Å². The van der Waals surface area contributed by atoms with Gasteiger partial charge in [-0.2, -0.15) is 5.10 Å². The van der Waals surface area contributed by atoms with E-state index in [1.165, 1.54) is 23.9 Å². The smallest absolute Gasteiger partial charge is 0.256 e. The highest BCUT2D eigenvalue weighted by atomic mass is 16.1. The van der Waals surface area contributed by atoms with Gasteiger partial charge in [0.25, 0.3) is 5.91 Å². The molecule has 110 valence electrons. The van der Waals surface area contributed by atoms with E-state index >= 15 is 0 Å². The molecule has 6 heteroatoms. The normalized spacial score (nSPS) is 30.2. The summed E-state index contributed by atoms with van der Waals surface area (Å²) < 4.78 is 1.53. The van der Waals surface area contributed by atoms with Gasteiger partial charge in [-0.15, -0.1) is 0 Å². The predicted octanol–water partition coefficient (Wildman–Crippen LogP) is 0.747. The molecular formula is C14H23N5O. The average molecular weight is 277 g/mol. The minimum atomic E-state index is -0.0942. The van der Waals surface area contributed by atoms with Gasteiger partial charge in [-0.1, -0.05) is 6.42 Å². The number of amides is 1. The van der Waals surface area contributed by atoms with Crippen LogP contribution in [0, 0.1) is 0 Å². The van der Waals surface area contributed by atoms with Gasteiger partial charge < -0.3 is 16.0 Å². The van der Waals surface area contributed by atoms with Crippen LogP contribution in [-0.2, 0) is 7.05 Å². The number of aryl methyl sites for hydroxylation is 1. The number of carbonyl (C=O) groups is 1. The van der Waals surface area contributed by atoms with Crippen LogP contribution in [0.3, 0.4) is 0 Å². The van der Waals surface area contributed by atoms with Crippen LogP contribution < -0.4 is 11.1 Å². The molecule has 2 unspecified atom stereocenters. The Labute approximate surface area is 119 Å². The van der Waals surface area contributed by atoms with Crippen LogP contribution in [0.1, 0.15) is 42.5 Å². The predicted molar refractivity (Wildman–Crippen MR) is 77.3 cm³/mol. The highest BCUT2D eigenvalue weighted by Crippen LogP contribution is 2.32. The number of nitrogens with one attached hydrogen (secondary N) is 1. The third-order valence-corrected chi connectivity index (χ3v) is 4.90. The summed E-state index contributed by atoms with van der Waals surface area (Å²) in [5, 5.41) is 7.16. The van der Waals surface area contributed by atoms with Crippen molar-refractivity contribution in [2.45, 2.75) is 50.2 Å². The highest BCUT2D eigenvalue weighted by Gasteiger charge is 2.36.